The number of piperidine rings is 1. The maximum absolute atomic E-state index is 5.56. The van der Waals surface area contributed by atoms with E-state index in [9.17, 15) is 0 Å². The Morgan fingerprint density at radius 2 is 2.18 bits per heavy atom. The highest BCUT2D eigenvalue weighted by atomic mass is 16.5. The highest BCUT2D eigenvalue weighted by molar-refractivity contribution is 4.86. The second kappa shape index (κ2) is 7.34. The van der Waals surface area contributed by atoms with Crippen LogP contribution in [0.15, 0.2) is 0 Å². The molecule has 1 heterocycles. The Balaban J connectivity index is 1.42. The second-order valence-corrected chi connectivity index (χ2v) is 5.49. The Kier molecular flexibility index (Phi) is 5.75. The van der Waals surface area contributed by atoms with E-state index in [1.165, 1.54) is 58.0 Å². The van der Waals surface area contributed by atoms with Crippen LogP contribution in [0.2, 0.25) is 0 Å². The molecular weight excluding hydrogens is 212 g/mol. The summed E-state index contributed by atoms with van der Waals surface area (Å²) in [5.74, 6) is 0. The van der Waals surface area contributed by atoms with Crippen molar-refractivity contribution in [2.45, 2.75) is 70.1 Å². The molecule has 1 aliphatic heterocycles. The molecule has 0 radical (unpaired) electrons. The molecule has 3 heteroatoms. The smallest absolute Gasteiger partial charge is 0.0604 e. The summed E-state index contributed by atoms with van der Waals surface area (Å²) in [4.78, 5) is 0. The SMILES string of the molecule is CCOC1CC(NCCCC2CCCCN2)C1. The van der Waals surface area contributed by atoms with Crippen LogP contribution >= 0.6 is 0 Å². The lowest BCUT2D eigenvalue weighted by molar-refractivity contribution is -0.00979. The van der Waals surface area contributed by atoms with Crippen LogP contribution in [0, 0.1) is 0 Å². The first-order valence-corrected chi connectivity index (χ1v) is 7.47. The average Bonchev–Trinajstić information content (AvgIpc) is 2.32. The molecule has 0 spiro atoms. The Morgan fingerprint density at radius 1 is 1.29 bits per heavy atom. The maximum Gasteiger partial charge on any atom is 0.0604 e. The first-order valence-electron chi connectivity index (χ1n) is 7.47. The Labute approximate surface area is 106 Å². The van der Waals surface area contributed by atoms with Crippen molar-refractivity contribution >= 4 is 0 Å². The van der Waals surface area contributed by atoms with Crippen molar-refractivity contribution in [2.24, 2.45) is 0 Å². The number of hydrogen-bond donors (Lipinski definition) is 2. The van der Waals surface area contributed by atoms with Gasteiger partial charge < -0.3 is 15.4 Å². The Morgan fingerprint density at radius 3 is 2.88 bits per heavy atom. The summed E-state index contributed by atoms with van der Waals surface area (Å²) in [6.45, 7) is 5.36. The van der Waals surface area contributed by atoms with Crippen molar-refractivity contribution in [3.63, 3.8) is 0 Å². The fraction of sp³-hybridized carbons (Fsp3) is 1.00. The molecule has 2 rings (SSSR count). The predicted octanol–water partition coefficient (Wildman–Crippen LogP) is 2.07. The largest absolute Gasteiger partial charge is 0.378 e. The van der Waals surface area contributed by atoms with Crippen molar-refractivity contribution in [2.75, 3.05) is 19.7 Å². The molecule has 2 N–H and O–H groups in total. The average molecular weight is 240 g/mol. The molecule has 1 aliphatic carbocycles. The van der Waals surface area contributed by atoms with Gasteiger partial charge in [-0.25, -0.2) is 0 Å². The van der Waals surface area contributed by atoms with Gasteiger partial charge in [0.2, 0.25) is 0 Å². The summed E-state index contributed by atoms with van der Waals surface area (Å²) in [6, 6.07) is 1.52. The van der Waals surface area contributed by atoms with Gasteiger partial charge in [-0.05, 0) is 58.5 Å². The minimum Gasteiger partial charge on any atom is -0.378 e. The van der Waals surface area contributed by atoms with Crippen LogP contribution in [0.1, 0.15) is 51.9 Å². The van der Waals surface area contributed by atoms with Gasteiger partial charge in [0.15, 0.2) is 0 Å². The van der Waals surface area contributed by atoms with Crippen molar-refractivity contribution in [1.29, 1.82) is 0 Å². The molecule has 100 valence electrons. The molecule has 1 unspecified atom stereocenters. The van der Waals surface area contributed by atoms with Gasteiger partial charge in [-0.2, -0.15) is 0 Å². The van der Waals surface area contributed by atoms with Crippen LogP contribution < -0.4 is 10.6 Å². The van der Waals surface area contributed by atoms with E-state index < -0.39 is 0 Å². The zero-order chi connectivity index (χ0) is 11.9. The summed E-state index contributed by atoms with van der Waals surface area (Å²) in [5, 5.41) is 7.25. The van der Waals surface area contributed by atoms with E-state index >= 15 is 0 Å². The molecule has 0 aromatic carbocycles. The molecule has 0 amide bonds. The molecule has 1 saturated carbocycles. The van der Waals surface area contributed by atoms with Gasteiger partial charge >= 0.3 is 0 Å². The van der Waals surface area contributed by atoms with Crippen molar-refractivity contribution in [3.8, 4) is 0 Å². The monoisotopic (exact) mass is 240 g/mol. The first kappa shape index (κ1) is 13.3. The van der Waals surface area contributed by atoms with Gasteiger partial charge in [0.1, 0.15) is 0 Å². The summed E-state index contributed by atoms with van der Waals surface area (Å²) in [7, 11) is 0. The zero-order valence-corrected chi connectivity index (χ0v) is 11.2. The Bertz CT molecular complexity index is 198. The van der Waals surface area contributed by atoms with Crippen LogP contribution in [0.3, 0.4) is 0 Å². The van der Waals surface area contributed by atoms with E-state index in [1.54, 1.807) is 0 Å². The summed E-state index contributed by atoms with van der Waals surface area (Å²) in [5.41, 5.74) is 0. The van der Waals surface area contributed by atoms with Crippen LogP contribution in [-0.2, 0) is 4.74 Å². The van der Waals surface area contributed by atoms with E-state index in [1.807, 2.05) is 0 Å². The van der Waals surface area contributed by atoms with E-state index in [2.05, 4.69) is 17.6 Å². The van der Waals surface area contributed by atoms with Gasteiger partial charge in [0.25, 0.3) is 0 Å². The maximum atomic E-state index is 5.56. The molecule has 0 aromatic rings. The number of hydrogen-bond acceptors (Lipinski definition) is 3. The number of rotatable bonds is 7. The van der Waals surface area contributed by atoms with Crippen molar-refractivity contribution in [3.05, 3.63) is 0 Å². The molecule has 1 atom stereocenters. The molecular formula is C14H28N2O. The molecule has 17 heavy (non-hydrogen) atoms. The third kappa shape index (κ3) is 4.57. The normalized spacial score (nSPS) is 33.4. The first-order chi connectivity index (χ1) is 8.38. The third-order valence-electron chi connectivity index (χ3n) is 4.07. The Hall–Kier alpha value is -0.120. The minimum absolute atomic E-state index is 0.539. The molecule has 1 saturated heterocycles. The summed E-state index contributed by atoms with van der Waals surface area (Å²) < 4.78 is 5.56. The molecule has 2 fully saturated rings. The fourth-order valence-corrected chi connectivity index (χ4v) is 2.93. The summed E-state index contributed by atoms with van der Waals surface area (Å²) in [6.07, 6.45) is 9.81. The lowest BCUT2D eigenvalue weighted by Crippen LogP contribution is -2.46. The predicted molar refractivity (Wildman–Crippen MR) is 71.3 cm³/mol. The lowest BCUT2D eigenvalue weighted by atomic mass is 9.89. The van der Waals surface area contributed by atoms with Crippen molar-refractivity contribution in [1.82, 2.24) is 10.6 Å². The lowest BCUT2D eigenvalue weighted by Gasteiger charge is -2.35. The second-order valence-electron chi connectivity index (χ2n) is 5.49. The molecule has 0 aromatic heterocycles. The van der Waals surface area contributed by atoms with E-state index in [4.69, 9.17) is 4.74 Å². The van der Waals surface area contributed by atoms with Crippen molar-refractivity contribution < 1.29 is 4.74 Å². The van der Waals surface area contributed by atoms with Crippen LogP contribution in [0.25, 0.3) is 0 Å². The third-order valence-corrected chi connectivity index (χ3v) is 4.07. The van der Waals surface area contributed by atoms with Gasteiger partial charge in [0.05, 0.1) is 6.10 Å². The fourth-order valence-electron chi connectivity index (χ4n) is 2.93. The quantitative estimate of drug-likeness (QED) is 0.668. The topological polar surface area (TPSA) is 33.3 Å². The zero-order valence-electron chi connectivity index (χ0n) is 11.2. The standard InChI is InChI=1S/C14H28N2O/c1-2-17-14-10-13(11-14)16-9-5-7-12-6-3-4-8-15-12/h12-16H,2-11H2,1H3. The minimum atomic E-state index is 0.539. The van der Waals surface area contributed by atoms with Crippen LogP contribution in [0.5, 0.6) is 0 Å². The molecule has 2 aliphatic rings. The van der Waals surface area contributed by atoms with E-state index in [0.29, 0.717) is 6.10 Å². The van der Waals surface area contributed by atoms with Gasteiger partial charge in [-0.3, -0.25) is 0 Å². The highest BCUT2D eigenvalue weighted by Gasteiger charge is 2.28. The molecule has 3 nitrogen and oxygen atoms in total. The van der Waals surface area contributed by atoms with E-state index in [0.717, 1.165) is 18.7 Å². The highest BCUT2D eigenvalue weighted by Crippen LogP contribution is 2.23. The van der Waals surface area contributed by atoms with Crippen LogP contribution in [-0.4, -0.2) is 37.9 Å². The summed E-state index contributed by atoms with van der Waals surface area (Å²) >= 11 is 0. The number of ether oxygens (including phenoxy) is 1. The van der Waals surface area contributed by atoms with E-state index in [-0.39, 0.29) is 0 Å². The molecule has 0 bridgehead atoms. The van der Waals surface area contributed by atoms with Gasteiger partial charge in [-0.1, -0.05) is 6.42 Å². The number of nitrogens with one attached hydrogen (secondary N) is 2. The van der Waals surface area contributed by atoms with Gasteiger partial charge in [0, 0.05) is 18.7 Å². The van der Waals surface area contributed by atoms with Gasteiger partial charge in [-0.15, -0.1) is 0 Å². The van der Waals surface area contributed by atoms with Crippen LogP contribution in [0.4, 0.5) is 0 Å².